The third-order valence-corrected chi connectivity index (χ3v) is 6.31. The van der Waals surface area contributed by atoms with Gasteiger partial charge in [0.2, 0.25) is 0 Å². The highest BCUT2D eigenvalue weighted by Gasteiger charge is 2.68. The van der Waals surface area contributed by atoms with Crippen molar-refractivity contribution in [2.45, 2.75) is 44.7 Å². The number of hydrogen-bond acceptors (Lipinski definition) is 4. The van der Waals surface area contributed by atoms with Crippen molar-refractivity contribution in [3.63, 3.8) is 0 Å². The Morgan fingerprint density at radius 1 is 1.23 bits per heavy atom. The SMILES string of the molecule is CCn1ccc(C(=O)CC23CC(NC(=O)COc4ccc(Cl)c(F)c4)(C2)C3)cc1=O. The van der Waals surface area contributed by atoms with Gasteiger partial charge in [0.15, 0.2) is 12.4 Å². The molecule has 0 unspecified atom stereocenters. The van der Waals surface area contributed by atoms with Crippen LogP contribution in [0.5, 0.6) is 5.75 Å². The molecule has 3 aliphatic rings. The number of pyridine rings is 1. The number of rotatable bonds is 8. The number of ketones is 1. The molecular weight excluding hydrogens is 411 g/mol. The topological polar surface area (TPSA) is 77.4 Å². The van der Waals surface area contributed by atoms with Crippen molar-refractivity contribution in [2.75, 3.05) is 6.61 Å². The highest BCUT2D eigenvalue weighted by atomic mass is 35.5. The maximum absolute atomic E-state index is 13.4. The number of Topliss-reactive ketones (excluding diaryl/α,β-unsaturated/α-hetero) is 1. The van der Waals surface area contributed by atoms with Gasteiger partial charge < -0.3 is 14.6 Å². The van der Waals surface area contributed by atoms with Gasteiger partial charge in [-0.15, -0.1) is 0 Å². The number of carbonyl (C=O) groups excluding carboxylic acids is 2. The van der Waals surface area contributed by atoms with E-state index < -0.39 is 5.82 Å². The van der Waals surface area contributed by atoms with Gasteiger partial charge in [-0.05, 0) is 49.8 Å². The van der Waals surface area contributed by atoms with Crippen LogP contribution < -0.4 is 15.6 Å². The molecule has 0 atom stereocenters. The third-order valence-electron chi connectivity index (χ3n) is 6.00. The van der Waals surface area contributed by atoms with E-state index in [1.807, 2.05) is 6.92 Å². The van der Waals surface area contributed by atoms with Crippen LogP contribution in [-0.4, -0.2) is 28.4 Å². The molecule has 3 saturated carbocycles. The fourth-order valence-corrected chi connectivity index (χ4v) is 4.87. The summed E-state index contributed by atoms with van der Waals surface area (Å²) in [4.78, 5) is 36.7. The average molecular weight is 433 g/mol. The van der Waals surface area contributed by atoms with E-state index >= 15 is 0 Å². The summed E-state index contributed by atoms with van der Waals surface area (Å²) in [5.41, 5.74) is -0.108. The average Bonchev–Trinajstić information content (AvgIpc) is 2.66. The molecule has 1 aromatic heterocycles. The third kappa shape index (κ3) is 3.86. The second-order valence-electron chi connectivity index (χ2n) is 8.36. The summed E-state index contributed by atoms with van der Waals surface area (Å²) in [7, 11) is 0. The largest absolute Gasteiger partial charge is 0.484 e. The van der Waals surface area contributed by atoms with E-state index in [2.05, 4.69) is 5.32 Å². The zero-order chi connectivity index (χ0) is 21.5. The highest BCUT2D eigenvalue weighted by molar-refractivity contribution is 6.30. The van der Waals surface area contributed by atoms with Crippen LogP contribution in [0.3, 0.4) is 0 Å². The smallest absolute Gasteiger partial charge is 0.258 e. The number of nitrogens with one attached hydrogen (secondary N) is 1. The quantitative estimate of drug-likeness (QED) is 0.649. The molecule has 1 aromatic carbocycles. The van der Waals surface area contributed by atoms with Crippen LogP contribution in [0.2, 0.25) is 5.02 Å². The summed E-state index contributed by atoms with van der Waals surface area (Å²) in [6.45, 7) is 2.22. The van der Waals surface area contributed by atoms with Crippen LogP contribution in [-0.2, 0) is 11.3 Å². The van der Waals surface area contributed by atoms with Gasteiger partial charge in [0.25, 0.3) is 11.5 Å². The summed E-state index contributed by atoms with van der Waals surface area (Å²) in [5, 5.41) is 2.96. The van der Waals surface area contributed by atoms with Crippen molar-refractivity contribution in [1.82, 2.24) is 9.88 Å². The molecule has 1 N–H and O–H groups in total. The van der Waals surface area contributed by atoms with Crippen LogP contribution in [0.15, 0.2) is 41.3 Å². The van der Waals surface area contributed by atoms with E-state index in [9.17, 15) is 18.8 Å². The van der Waals surface area contributed by atoms with Crippen LogP contribution in [0.1, 0.15) is 43.0 Å². The van der Waals surface area contributed by atoms with Gasteiger partial charge in [-0.1, -0.05) is 11.6 Å². The lowest BCUT2D eigenvalue weighted by Gasteiger charge is -2.70. The van der Waals surface area contributed by atoms with Crippen molar-refractivity contribution in [2.24, 2.45) is 5.41 Å². The molecule has 2 bridgehead atoms. The first-order valence-corrected chi connectivity index (χ1v) is 10.2. The molecule has 5 rings (SSSR count). The Morgan fingerprint density at radius 3 is 2.60 bits per heavy atom. The fourth-order valence-electron chi connectivity index (χ4n) is 4.75. The molecular formula is C22H22ClFN2O4. The minimum atomic E-state index is -0.604. The number of hydrogen-bond donors (Lipinski definition) is 1. The standard InChI is InChI=1S/C22H22ClFN2O4/c1-2-26-6-5-14(7-20(26)29)18(27)9-21-11-22(12-21,13-21)25-19(28)10-30-15-3-4-16(23)17(24)8-15/h3-8H,2,9-13H2,1H3,(H,25,28). The highest BCUT2D eigenvalue weighted by Crippen LogP contribution is 2.69. The van der Waals surface area contributed by atoms with Crippen LogP contribution >= 0.6 is 11.6 Å². The minimum Gasteiger partial charge on any atom is -0.484 e. The van der Waals surface area contributed by atoms with Gasteiger partial charge in [-0.25, -0.2) is 4.39 Å². The zero-order valence-corrected chi connectivity index (χ0v) is 17.3. The predicted octanol–water partition coefficient (Wildman–Crippen LogP) is 3.35. The second-order valence-corrected chi connectivity index (χ2v) is 8.77. The fraction of sp³-hybridized carbons (Fsp3) is 0.409. The van der Waals surface area contributed by atoms with E-state index in [4.69, 9.17) is 16.3 Å². The van der Waals surface area contributed by atoms with Crippen molar-refractivity contribution in [3.8, 4) is 5.75 Å². The number of amides is 1. The van der Waals surface area contributed by atoms with Gasteiger partial charge in [0.1, 0.15) is 11.6 Å². The van der Waals surface area contributed by atoms with Crippen molar-refractivity contribution < 1.29 is 18.7 Å². The molecule has 1 heterocycles. The Kier molecular flexibility index (Phi) is 5.18. The number of aromatic nitrogens is 1. The van der Waals surface area contributed by atoms with E-state index in [-0.39, 0.29) is 45.6 Å². The number of carbonyl (C=O) groups is 2. The molecule has 8 heteroatoms. The maximum atomic E-state index is 13.4. The number of nitrogens with zero attached hydrogens (tertiary/aromatic N) is 1. The van der Waals surface area contributed by atoms with Crippen molar-refractivity contribution in [3.05, 3.63) is 63.3 Å². The van der Waals surface area contributed by atoms with Gasteiger partial charge in [0.05, 0.1) is 5.02 Å². The Labute approximate surface area is 178 Å². The minimum absolute atomic E-state index is 0.00736. The molecule has 0 aliphatic heterocycles. The molecule has 158 valence electrons. The first-order valence-electron chi connectivity index (χ1n) is 9.86. The molecule has 2 aromatic rings. The van der Waals surface area contributed by atoms with E-state index in [1.165, 1.54) is 18.2 Å². The molecule has 3 fully saturated rings. The maximum Gasteiger partial charge on any atom is 0.258 e. The molecule has 0 radical (unpaired) electrons. The lowest BCUT2D eigenvalue weighted by Crippen LogP contribution is -2.75. The van der Waals surface area contributed by atoms with Crippen LogP contribution in [0.4, 0.5) is 4.39 Å². The van der Waals surface area contributed by atoms with Gasteiger partial charge in [-0.3, -0.25) is 14.4 Å². The van der Waals surface area contributed by atoms with Crippen molar-refractivity contribution >= 4 is 23.3 Å². The molecule has 30 heavy (non-hydrogen) atoms. The van der Waals surface area contributed by atoms with Gasteiger partial charge in [-0.2, -0.15) is 0 Å². The van der Waals surface area contributed by atoms with E-state index in [0.717, 1.165) is 25.3 Å². The molecule has 0 saturated heterocycles. The molecule has 1 amide bonds. The summed E-state index contributed by atoms with van der Waals surface area (Å²) < 4.78 is 20.3. The number of aryl methyl sites for hydroxylation is 1. The van der Waals surface area contributed by atoms with Gasteiger partial charge in [0, 0.05) is 42.4 Å². The second kappa shape index (κ2) is 7.54. The molecule has 3 aliphatic carbocycles. The first-order chi connectivity index (χ1) is 14.2. The summed E-state index contributed by atoms with van der Waals surface area (Å²) in [5.74, 6) is -0.694. The normalized spacial score (nSPS) is 23.8. The Morgan fingerprint density at radius 2 is 1.97 bits per heavy atom. The molecule has 0 spiro atoms. The summed E-state index contributed by atoms with van der Waals surface area (Å²) in [6.07, 6.45) is 4.23. The van der Waals surface area contributed by atoms with Crippen LogP contribution in [0, 0.1) is 11.2 Å². The van der Waals surface area contributed by atoms with Gasteiger partial charge >= 0.3 is 0 Å². The number of ether oxygens (including phenoxy) is 1. The Hall–Kier alpha value is -2.67. The number of halogens is 2. The summed E-state index contributed by atoms with van der Waals surface area (Å²) in [6, 6.07) is 7.09. The van der Waals surface area contributed by atoms with E-state index in [0.29, 0.717) is 18.5 Å². The first kappa shape index (κ1) is 20.6. The summed E-state index contributed by atoms with van der Waals surface area (Å²) >= 11 is 5.62. The van der Waals surface area contributed by atoms with Crippen molar-refractivity contribution in [1.29, 1.82) is 0 Å². The van der Waals surface area contributed by atoms with E-state index in [1.54, 1.807) is 16.8 Å². The molecule has 6 nitrogen and oxygen atoms in total. The Balaban J connectivity index is 1.25. The Bertz CT molecular complexity index is 1060. The zero-order valence-electron chi connectivity index (χ0n) is 16.5. The number of benzene rings is 1. The lowest BCUT2D eigenvalue weighted by atomic mass is 9.38. The van der Waals surface area contributed by atoms with Crippen LogP contribution in [0.25, 0.3) is 0 Å². The predicted molar refractivity (Wildman–Crippen MR) is 109 cm³/mol. The monoisotopic (exact) mass is 432 g/mol. The lowest BCUT2D eigenvalue weighted by molar-refractivity contribution is -0.164.